The number of amides is 1. The molecule has 6 heteroatoms. The number of amidine groups is 1. The second-order valence-electron chi connectivity index (χ2n) is 5.64. The summed E-state index contributed by atoms with van der Waals surface area (Å²) in [6.45, 7) is 2.53. The van der Waals surface area contributed by atoms with E-state index >= 15 is 0 Å². The molecule has 1 unspecified atom stereocenters. The number of rotatable bonds is 6. The molecule has 0 spiro atoms. The Bertz CT molecular complexity index is 337. The van der Waals surface area contributed by atoms with E-state index in [1.54, 1.807) is 7.11 Å². The van der Waals surface area contributed by atoms with Crippen molar-refractivity contribution in [2.24, 2.45) is 16.3 Å². The van der Waals surface area contributed by atoms with E-state index in [1.807, 2.05) is 6.92 Å². The van der Waals surface area contributed by atoms with Gasteiger partial charge in [0, 0.05) is 19.8 Å². The highest BCUT2D eigenvalue weighted by Crippen LogP contribution is 2.35. The summed E-state index contributed by atoms with van der Waals surface area (Å²) >= 11 is 0. The quantitative estimate of drug-likeness (QED) is 0.227. The molecule has 1 aliphatic carbocycles. The third kappa shape index (κ3) is 4.10. The van der Waals surface area contributed by atoms with Gasteiger partial charge < -0.3 is 21.0 Å². The SMILES string of the molecule is COCCC(C)NC(=O)C1(C(N)=NO)CCCCCC1. The van der Waals surface area contributed by atoms with Gasteiger partial charge in [-0.1, -0.05) is 30.8 Å². The number of carbonyl (C=O) groups is 1. The van der Waals surface area contributed by atoms with Crippen molar-refractivity contribution in [3.05, 3.63) is 0 Å². The number of ether oxygens (including phenoxy) is 1. The van der Waals surface area contributed by atoms with Crippen molar-refractivity contribution in [1.29, 1.82) is 0 Å². The van der Waals surface area contributed by atoms with Crippen LogP contribution in [0.2, 0.25) is 0 Å². The highest BCUT2D eigenvalue weighted by atomic mass is 16.5. The summed E-state index contributed by atoms with van der Waals surface area (Å²) in [6, 6.07) is 0.00840. The Kier molecular flexibility index (Phi) is 6.78. The molecule has 0 aliphatic heterocycles. The first-order chi connectivity index (χ1) is 9.56. The fraction of sp³-hybridized carbons (Fsp3) is 0.857. The minimum atomic E-state index is -0.855. The van der Waals surface area contributed by atoms with Gasteiger partial charge >= 0.3 is 0 Å². The fourth-order valence-electron chi connectivity index (χ4n) is 2.76. The molecule has 116 valence electrons. The van der Waals surface area contributed by atoms with Gasteiger partial charge in [-0.25, -0.2) is 0 Å². The molecule has 4 N–H and O–H groups in total. The van der Waals surface area contributed by atoms with Gasteiger partial charge in [0.05, 0.1) is 0 Å². The Balaban J connectivity index is 2.79. The zero-order chi connectivity index (χ0) is 15.0. The van der Waals surface area contributed by atoms with Crippen LogP contribution in [0, 0.1) is 5.41 Å². The number of methoxy groups -OCH3 is 1. The van der Waals surface area contributed by atoms with E-state index < -0.39 is 5.41 Å². The molecule has 1 atom stereocenters. The Morgan fingerprint density at radius 3 is 2.50 bits per heavy atom. The van der Waals surface area contributed by atoms with Crippen molar-refractivity contribution < 1.29 is 14.7 Å². The largest absolute Gasteiger partial charge is 0.409 e. The molecule has 1 amide bonds. The van der Waals surface area contributed by atoms with Crippen molar-refractivity contribution >= 4 is 11.7 Å². The van der Waals surface area contributed by atoms with E-state index in [0.29, 0.717) is 19.4 Å². The Hall–Kier alpha value is -1.30. The molecule has 0 aromatic carbocycles. The highest BCUT2D eigenvalue weighted by molar-refractivity contribution is 6.06. The summed E-state index contributed by atoms with van der Waals surface area (Å²) in [6.07, 6.45) is 6.07. The normalized spacial score (nSPS) is 21.0. The predicted molar refractivity (Wildman–Crippen MR) is 77.6 cm³/mol. The first-order valence-corrected chi connectivity index (χ1v) is 7.34. The number of oxime groups is 1. The minimum absolute atomic E-state index is 0.00840. The van der Waals surface area contributed by atoms with Gasteiger partial charge in [0.2, 0.25) is 5.91 Å². The van der Waals surface area contributed by atoms with Gasteiger partial charge in [-0.05, 0) is 26.2 Å². The molecule has 1 fully saturated rings. The lowest BCUT2D eigenvalue weighted by molar-refractivity contribution is -0.129. The number of carbonyl (C=O) groups excluding carboxylic acids is 1. The van der Waals surface area contributed by atoms with Crippen LogP contribution in [-0.4, -0.2) is 36.7 Å². The lowest BCUT2D eigenvalue weighted by atomic mass is 9.78. The third-order valence-electron chi connectivity index (χ3n) is 4.12. The van der Waals surface area contributed by atoms with E-state index in [9.17, 15) is 4.79 Å². The number of hydrogen-bond acceptors (Lipinski definition) is 4. The molecule has 0 heterocycles. The molecule has 20 heavy (non-hydrogen) atoms. The van der Waals surface area contributed by atoms with Gasteiger partial charge in [0.15, 0.2) is 5.84 Å². The predicted octanol–water partition coefficient (Wildman–Crippen LogP) is 1.61. The van der Waals surface area contributed by atoms with Crippen molar-refractivity contribution in [1.82, 2.24) is 5.32 Å². The smallest absolute Gasteiger partial charge is 0.234 e. The van der Waals surface area contributed by atoms with Crippen LogP contribution in [0.15, 0.2) is 5.16 Å². The molecule has 1 aliphatic rings. The Labute approximate surface area is 120 Å². The van der Waals surface area contributed by atoms with Gasteiger partial charge in [-0.3, -0.25) is 4.79 Å². The van der Waals surface area contributed by atoms with Crippen molar-refractivity contribution in [3.8, 4) is 0 Å². The third-order valence-corrected chi connectivity index (χ3v) is 4.12. The summed E-state index contributed by atoms with van der Waals surface area (Å²) < 4.78 is 5.01. The maximum atomic E-state index is 12.6. The first kappa shape index (κ1) is 16.8. The topological polar surface area (TPSA) is 96.9 Å². The first-order valence-electron chi connectivity index (χ1n) is 7.34. The average Bonchev–Trinajstić information content (AvgIpc) is 2.70. The molecule has 0 aromatic rings. The molecule has 0 saturated heterocycles. The second-order valence-corrected chi connectivity index (χ2v) is 5.64. The number of nitrogens with one attached hydrogen (secondary N) is 1. The molecule has 0 bridgehead atoms. The lowest BCUT2D eigenvalue weighted by Gasteiger charge is -2.31. The highest BCUT2D eigenvalue weighted by Gasteiger charge is 2.43. The number of nitrogens with zero attached hydrogens (tertiary/aromatic N) is 1. The monoisotopic (exact) mass is 285 g/mol. The molecular formula is C14H27N3O3. The summed E-state index contributed by atoms with van der Waals surface area (Å²) in [5, 5.41) is 15.1. The zero-order valence-corrected chi connectivity index (χ0v) is 12.5. The van der Waals surface area contributed by atoms with Crippen LogP contribution < -0.4 is 11.1 Å². The van der Waals surface area contributed by atoms with Crippen LogP contribution >= 0.6 is 0 Å². The summed E-state index contributed by atoms with van der Waals surface area (Å²) in [7, 11) is 1.64. The molecule has 6 nitrogen and oxygen atoms in total. The Morgan fingerprint density at radius 1 is 1.40 bits per heavy atom. The van der Waals surface area contributed by atoms with Gasteiger partial charge in [-0.15, -0.1) is 0 Å². The molecule has 1 saturated carbocycles. The molecule has 0 aromatic heterocycles. The van der Waals surface area contributed by atoms with Crippen LogP contribution in [0.4, 0.5) is 0 Å². The maximum Gasteiger partial charge on any atom is 0.234 e. The van der Waals surface area contributed by atoms with E-state index in [4.69, 9.17) is 15.7 Å². The summed E-state index contributed by atoms with van der Waals surface area (Å²) in [5.74, 6) is -0.0888. The zero-order valence-electron chi connectivity index (χ0n) is 12.5. The summed E-state index contributed by atoms with van der Waals surface area (Å²) in [4.78, 5) is 12.6. The molecule has 1 rings (SSSR count). The molecule has 0 radical (unpaired) electrons. The van der Waals surface area contributed by atoms with Crippen molar-refractivity contribution in [2.75, 3.05) is 13.7 Å². The van der Waals surface area contributed by atoms with E-state index in [1.165, 1.54) is 0 Å². The number of nitrogens with two attached hydrogens (primary N) is 1. The van der Waals surface area contributed by atoms with E-state index in [2.05, 4.69) is 10.5 Å². The van der Waals surface area contributed by atoms with Crippen LogP contribution in [0.25, 0.3) is 0 Å². The van der Waals surface area contributed by atoms with Crippen LogP contribution in [0.3, 0.4) is 0 Å². The maximum absolute atomic E-state index is 12.6. The van der Waals surface area contributed by atoms with Crippen LogP contribution in [-0.2, 0) is 9.53 Å². The average molecular weight is 285 g/mol. The summed E-state index contributed by atoms with van der Waals surface area (Å²) in [5.41, 5.74) is 4.99. The molecular weight excluding hydrogens is 258 g/mol. The second kappa shape index (κ2) is 8.09. The van der Waals surface area contributed by atoms with Gasteiger partial charge in [0.25, 0.3) is 0 Å². The van der Waals surface area contributed by atoms with Gasteiger partial charge in [-0.2, -0.15) is 0 Å². The van der Waals surface area contributed by atoms with E-state index in [-0.39, 0.29) is 17.8 Å². The van der Waals surface area contributed by atoms with E-state index in [0.717, 1.165) is 32.1 Å². The van der Waals surface area contributed by atoms with Crippen LogP contribution in [0.5, 0.6) is 0 Å². The van der Waals surface area contributed by atoms with Crippen LogP contribution in [0.1, 0.15) is 51.9 Å². The Morgan fingerprint density at radius 2 is 2.00 bits per heavy atom. The number of hydrogen-bond donors (Lipinski definition) is 3. The van der Waals surface area contributed by atoms with Gasteiger partial charge in [0.1, 0.15) is 5.41 Å². The standard InChI is InChI=1S/C14H27N3O3/c1-11(7-10-20-2)16-13(18)14(12(15)17-19)8-5-3-4-6-9-14/h11,19H,3-10H2,1-2H3,(H2,15,17)(H,16,18). The fourth-order valence-corrected chi connectivity index (χ4v) is 2.76. The minimum Gasteiger partial charge on any atom is -0.409 e. The van der Waals surface area contributed by atoms with Crippen molar-refractivity contribution in [2.45, 2.75) is 57.9 Å². The van der Waals surface area contributed by atoms with Crippen molar-refractivity contribution in [3.63, 3.8) is 0 Å². The lowest BCUT2D eigenvalue weighted by Crippen LogP contribution is -2.51.